The lowest BCUT2D eigenvalue weighted by Crippen LogP contribution is -2.32. The molecule has 2 aromatic carbocycles. The lowest BCUT2D eigenvalue weighted by molar-refractivity contribution is 0.411. The van der Waals surface area contributed by atoms with Gasteiger partial charge in [-0.25, -0.2) is 0 Å². The predicted octanol–water partition coefficient (Wildman–Crippen LogP) is 4.23. The Bertz CT molecular complexity index is 655. The first-order valence-electron chi connectivity index (χ1n) is 8.44. The third-order valence-corrected chi connectivity index (χ3v) is 5.24. The summed E-state index contributed by atoms with van der Waals surface area (Å²) >= 11 is 1.88. The molecule has 0 aliphatic carbocycles. The molecule has 0 radical (unpaired) electrons. The molecular formula is C20H24N2OS. The van der Waals surface area contributed by atoms with Crippen LogP contribution in [0, 0.1) is 0 Å². The second-order valence-corrected chi connectivity index (χ2v) is 6.93. The van der Waals surface area contributed by atoms with Gasteiger partial charge in [0.25, 0.3) is 0 Å². The molecule has 4 heteroatoms. The summed E-state index contributed by atoms with van der Waals surface area (Å²) in [4.78, 5) is 7.17. The Labute approximate surface area is 148 Å². The summed E-state index contributed by atoms with van der Waals surface area (Å²) in [6.07, 6.45) is 2.22. The largest absolute Gasteiger partial charge is 0.497 e. The van der Waals surface area contributed by atoms with E-state index in [0.717, 1.165) is 31.8 Å². The molecule has 24 heavy (non-hydrogen) atoms. The van der Waals surface area contributed by atoms with Crippen LogP contribution in [-0.4, -0.2) is 36.0 Å². The minimum Gasteiger partial charge on any atom is -0.497 e. The predicted molar refractivity (Wildman–Crippen MR) is 103 cm³/mol. The van der Waals surface area contributed by atoms with Crippen molar-refractivity contribution in [3.8, 4) is 5.75 Å². The van der Waals surface area contributed by atoms with Gasteiger partial charge in [-0.15, -0.1) is 0 Å². The van der Waals surface area contributed by atoms with E-state index in [0.29, 0.717) is 0 Å². The SMILES string of the molecule is COc1ccc(CN(CCc2ccccc2)C2=NCCCS2)cc1. The van der Waals surface area contributed by atoms with Gasteiger partial charge >= 0.3 is 0 Å². The summed E-state index contributed by atoms with van der Waals surface area (Å²) in [6.45, 7) is 2.83. The van der Waals surface area contributed by atoms with Crippen LogP contribution in [0.1, 0.15) is 17.5 Å². The van der Waals surface area contributed by atoms with Gasteiger partial charge in [-0.3, -0.25) is 4.99 Å². The number of hydrogen-bond donors (Lipinski definition) is 0. The monoisotopic (exact) mass is 340 g/mol. The van der Waals surface area contributed by atoms with Crippen molar-refractivity contribution in [2.75, 3.05) is 26.0 Å². The Balaban J connectivity index is 1.70. The molecule has 0 fully saturated rings. The molecule has 0 N–H and O–H groups in total. The maximum atomic E-state index is 5.25. The number of rotatable bonds is 6. The fraction of sp³-hybridized carbons (Fsp3) is 0.350. The second-order valence-electron chi connectivity index (χ2n) is 5.87. The normalized spacial score (nSPS) is 14.1. The van der Waals surface area contributed by atoms with Gasteiger partial charge in [-0.05, 0) is 36.1 Å². The van der Waals surface area contributed by atoms with E-state index in [9.17, 15) is 0 Å². The number of methoxy groups -OCH3 is 1. The first-order valence-corrected chi connectivity index (χ1v) is 9.43. The zero-order valence-corrected chi connectivity index (χ0v) is 15.0. The van der Waals surface area contributed by atoms with Crippen molar-refractivity contribution in [3.05, 3.63) is 65.7 Å². The molecule has 3 nitrogen and oxygen atoms in total. The Morgan fingerprint density at radius 3 is 2.50 bits per heavy atom. The molecule has 126 valence electrons. The van der Waals surface area contributed by atoms with Crippen LogP contribution in [0.25, 0.3) is 0 Å². The van der Waals surface area contributed by atoms with Crippen LogP contribution in [-0.2, 0) is 13.0 Å². The molecule has 0 unspecified atom stereocenters. The summed E-state index contributed by atoms with van der Waals surface area (Å²) < 4.78 is 5.25. The maximum Gasteiger partial charge on any atom is 0.159 e. The van der Waals surface area contributed by atoms with Crippen LogP contribution in [0.4, 0.5) is 0 Å². The number of hydrogen-bond acceptors (Lipinski definition) is 4. The van der Waals surface area contributed by atoms with Crippen LogP contribution in [0.5, 0.6) is 5.75 Å². The molecule has 1 aliphatic rings. The van der Waals surface area contributed by atoms with Gasteiger partial charge < -0.3 is 9.64 Å². The van der Waals surface area contributed by atoms with E-state index in [1.54, 1.807) is 7.11 Å². The Morgan fingerprint density at radius 2 is 1.83 bits per heavy atom. The molecule has 1 heterocycles. The Kier molecular flexibility index (Phi) is 6.19. The molecule has 2 aromatic rings. The van der Waals surface area contributed by atoms with E-state index in [1.807, 2.05) is 23.9 Å². The van der Waals surface area contributed by atoms with Crippen LogP contribution >= 0.6 is 11.8 Å². The van der Waals surface area contributed by atoms with Crippen molar-refractivity contribution in [1.29, 1.82) is 0 Å². The summed E-state index contributed by atoms with van der Waals surface area (Å²) in [6, 6.07) is 19.0. The molecule has 0 aromatic heterocycles. The first kappa shape index (κ1) is 16.9. The minimum atomic E-state index is 0.892. The van der Waals surface area contributed by atoms with Crippen LogP contribution in [0.3, 0.4) is 0 Å². The van der Waals surface area contributed by atoms with E-state index < -0.39 is 0 Å². The summed E-state index contributed by atoms with van der Waals surface area (Å²) in [5, 5.41) is 1.19. The first-order chi connectivity index (χ1) is 11.8. The Morgan fingerprint density at radius 1 is 1.04 bits per heavy atom. The van der Waals surface area contributed by atoms with E-state index in [2.05, 4.69) is 47.4 Å². The molecule has 0 bridgehead atoms. The molecule has 0 saturated heterocycles. The number of benzene rings is 2. The average molecular weight is 340 g/mol. The highest BCUT2D eigenvalue weighted by Crippen LogP contribution is 2.20. The standard InChI is InChI=1S/C20H24N2OS/c1-23-19-10-8-18(9-11-19)16-22(20-21-13-5-15-24-20)14-12-17-6-3-2-4-7-17/h2-4,6-11H,5,12-16H2,1H3. The topological polar surface area (TPSA) is 24.8 Å². The van der Waals surface area contributed by atoms with Crippen molar-refractivity contribution < 1.29 is 4.74 Å². The Hall–Kier alpha value is -1.94. The van der Waals surface area contributed by atoms with E-state index >= 15 is 0 Å². The van der Waals surface area contributed by atoms with Crippen LogP contribution in [0.2, 0.25) is 0 Å². The molecule has 0 spiro atoms. The molecule has 0 amide bonds. The van der Waals surface area contributed by atoms with Gasteiger partial charge in [0, 0.05) is 25.4 Å². The number of amidine groups is 1. The molecule has 1 aliphatic heterocycles. The highest BCUT2D eigenvalue weighted by Gasteiger charge is 2.15. The van der Waals surface area contributed by atoms with Crippen molar-refractivity contribution in [2.24, 2.45) is 4.99 Å². The molecule has 3 rings (SSSR count). The third-order valence-electron chi connectivity index (χ3n) is 4.10. The van der Waals surface area contributed by atoms with Gasteiger partial charge in [-0.1, -0.05) is 54.2 Å². The maximum absolute atomic E-state index is 5.25. The molecular weight excluding hydrogens is 316 g/mol. The average Bonchev–Trinajstić information content (AvgIpc) is 2.67. The smallest absolute Gasteiger partial charge is 0.159 e. The third kappa shape index (κ3) is 4.78. The lowest BCUT2D eigenvalue weighted by Gasteiger charge is -2.28. The van der Waals surface area contributed by atoms with Crippen LogP contribution in [0.15, 0.2) is 59.6 Å². The number of thioether (sulfide) groups is 1. The van der Waals surface area contributed by atoms with Crippen molar-refractivity contribution in [3.63, 3.8) is 0 Å². The quantitative estimate of drug-likeness (QED) is 0.786. The zero-order valence-electron chi connectivity index (χ0n) is 14.1. The summed E-state index contributed by atoms with van der Waals surface area (Å²) in [5.41, 5.74) is 2.66. The van der Waals surface area contributed by atoms with Gasteiger partial charge in [0.15, 0.2) is 5.17 Å². The molecule has 0 saturated carbocycles. The second kappa shape index (κ2) is 8.78. The fourth-order valence-corrected chi connectivity index (χ4v) is 3.72. The fourth-order valence-electron chi connectivity index (χ4n) is 2.74. The summed E-state index contributed by atoms with van der Waals surface area (Å²) in [5.74, 6) is 2.07. The molecule has 0 atom stereocenters. The summed E-state index contributed by atoms with van der Waals surface area (Å²) in [7, 11) is 1.70. The van der Waals surface area contributed by atoms with Gasteiger partial charge in [0.2, 0.25) is 0 Å². The highest BCUT2D eigenvalue weighted by molar-refractivity contribution is 8.13. The zero-order chi connectivity index (χ0) is 16.6. The van der Waals surface area contributed by atoms with E-state index in [4.69, 9.17) is 9.73 Å². The van der Waals surface area contributed by atoms with Crippen molar-refractivity contribution in [1.82, 2.24) is 4.90 Å². The minimum absolute atomic E-state index is 0.892. The van der Waals surface area contributed by atoms with Crippen molar-refractivity contribution >= 4 is 16.9 Å². The number of aliphatic imine (C=N–C) groups is 1. The highest BCUT2D eigenvalue weighted by atomic mass is 32.2. The number of ether oxygens (including phenoxy) is 1. The van der Waals surface area contributed by atoms with Crippen LogP contribution < -0.4 is 4.74 Å². The van der Waals surface area contributed by atoms with Gasteiger partial charge in [-0.2, -0.15) is 0 Å². The van der Waals surface area contributed by atoms with Gasteiger partial charge in [0.05, 0.1) is 7.11 Å². The van der Waals surface area contributed by atoms with E-state index in [1.165, 1.54) is 28.5 Å². The van der Waals surface area contributed by atoms with E-state index in [-0.39, 0.29) is 0 Å². The van der Waals surface area contributed by atoms with Gasteiger partial charge in [0.1, 0.15) is 5.75 Å². The lowest BCUT2D eigenvalue weighted by atomic mass is 10.1. The number of nitrogens with zero attached hydrogens (tertiary/aromatic N) is 2. The van der Waals surface area contributed by atoms with Crippen molar-refractivity contribution in [2.45, 2.75) is 19.4 Å².